The number of carbonyl (C=O) groups excluding carboxylic acids is 2. The van der Waals surface area contributed by atoms with Gasteiger partial charge in [-0.1, -0.05) is 356 Å². The minimum Gasteiger partial charge on any atom is -0.477 e. The maximum Gasteiger partial charge on any atom is 0.361 e. The Kier molecular flexibility index (Phi) is 68.0. The molecule has 0 spiro atoms. The Morgan fingerprint density at radius 2 is 0.640 bits per heavy atom. The predicted octanol–water partition coefficient (Wildman–Crippen LogP) is 24.0. The monoisotopic (exact) mass is 1250 g/mol. The first-order chi connectivity index (χ1) is 43.6. The number of esters is 2. The van der Waals surface area contributed by atoms with Gasteiger partial charge in [-0.2, -0.15) is 0 Å². The van der Waals surface area contributed by atoms with Crippen molar-refractivity contribution in [2.24, 2.45) is 0 Å². The molecule has 0 saturated heterocycles. The van der Waals surface area contributed by atoms with Crippen LogP contribution in [0.3, 0.4) is 0 Å². The molecule has 89 heavy (non-hydrogen) atoms. The molecule has 0 bridgehead atoms. The number of quaternary nitrogens is 1. The molecular weight excluding hydrogens is 1100 g/mol. The van der Waals surface area contributed by atoms with Crippen molar-refractivity contribution in [2.45, 2.75) is 373 Å². The van der Waals surface area contributed by atoms with Crippen LogP contribution >= 0.6 is 0 Å². The zero-order valence-corrected chi connectivity index (χ0v) is 59.3. The molecule has 2 atom stereocenters. The van der Waals surface area contributed by atoms with E-state index in [1.54, 1.807) is 0 Å². The molecule has 0 aromatic rings. The minimum atomic E-state index is -1.51. The molecule has 0 aliphatic rings. The molecule has 0 aromatic heterocycles. The third-order valence-electron chi connectivity index (χ3n) is 17.0. The van der Waals surface area contributed by atoms with E-state index in [2.05, 4.69) is 86.8 Å². The van der Waals surface area contributed by atoms with Crippen LogP contribution in [-0.2, 0) is 33.3 Å². The number of hydrogen-bond donors (Lipinski definition) is 1. The van der Waals surface area contributed by atoms with Crippen molar-refractivity contribution >= 4 is 17.9 Å². The summed E-state index contributed by atoms with van der Waals surface area (Å²) in [5, 5.41) is 9.76. The van der Waals surface area contributed by atoms with E-state index in [-0.39, 0.29) is 38.2 Å². The van der Waals surface area contributed by atoms with Crippen molar-refractivity contribution in [1.82, 2.24) is 0 Å². The number of carbonyl (C=O) groups is 3. The molecule has 0 radical (unpaired) electrons. The van der Waals surface area contributed by atoms with Gasteiger partial charge in [0.15, 0.2) is 6.10 Å². The predicted molar refractivity (Wildman–Crippen MR) is 383 cm³/mol. The van der Waals surface area contributed by atoms with Gasteiger partial charge in [-0.15, -0.1) is 0 Å². The summed E-state index contributed by atoms with van der Waals surface area (Å²) in [5.41, 5.74) is 0. The summed E-state index contributed by atoms with van der Waals surface area (Å²) in [5.74, 6) is -1.98. The molecule has 9 nitrogen and oxygen atoms in total. The molecule has 9 heteroatoms. The van der Waals surface area contributed by atoms with Crippen molar-refractivity contribution in [1.29, 1.82) is 0 Å². The highest BCUT2D eigenvalue weighted by Gasteiger charge is 2.25. The number of allylic oxidation sites excluding steroid dienone is 12. The molecule has 1 N–H and O–H groups in total. The lowest BCUT2D eigenvalue weighted by molar-refractivity contribution is -0.870. The highest BCUT2D eigenvalue weighted by atomic mass is 16.7. The van der Waals surface area contributed by atoms with Crippen molar-refractivity contribution in [2.75, 3.05) is 47.5 Å². The van der Waals surface area contributed by atoms with Gasteiger partial charge in [-0.05, 0) is 64.2 Å². The van der Waals surface area contributed by atoms with Gasteiger partial charge in [0.2, 0.25) is 0 Å². The molecule has 0 aromatic carbocycles. The van der Waals surface area contributed by atoms with E-state index in [9.17, 15) is 19.5 Å². The van der Waals surface area contributed by atoms with Crippen LogP contribution in [0.15, 0.2) is 72.9 Å². The highest BCUT2D eigenvalue weighted by Crippen LogP contribution is 2.19. The lowest BCUT2D eigenvalue weighted by atomic mass is 10.0. The first-order valence-electron chi connectivity index (χ1n) is 38.1. The fourth-order valence-electron chi connectivity index (χ4n) is 11.2. The van der Waals surface area contributed by atoms with Crippen molar-refractivity contribution in [3.8, 4) is 0 Å². The standard InChI is InChI=1S/C80H145NO8/c1-6-8-10-12-14-16-18-20-22-24-26-28-30-32-33-34-35-36-37-38-39-40-41-42-43-44-45-47-49-51-53-55-57-59-61-63-65-67-69-71-78(83)89-76(75-88-80(79(84)85)86-73-72-81(3,4)5)74-87-77(82)70-68-66-64-62-60-58-56-54-52-50-48-46-31-29-27-25-23-21-19-17-15-13-11-9-7-2/h8,10,14,16,20,22,26,28,32-33,35-36,76,80H,6-7,9,11-13,15,17-19,21,23-25,27,29-31,34,37-75H2,1-5H3/p+1/b10-8-,16-14-,22-20-,28-26-,33-32-,36-35-. The van der Waals surface area contributed by atoms with E-state index in [1.165, 1.54) is 257 Å². The summed E-state index contributed by atoms with van der Waals surface area (Å²) in [7, 11) is 5.99. The Labute approximate surface area is 551 Å². The maximum absolute atomic E-state index is 13.0. The summed E-state index contributed by atoms with van der Waals surface area (Å²) in [6, 6.07) is 0. The number of aliphatic carboxylic acids is 1. The first kappa shape index (κ1) is 85.7. The van der Waals surface area contributed by atoms with Crippen LogP contribution in [0.4, 0.5) is 0 Å². The number of unbranched alkanes of at least 4 members (excludes halogenated alkanes) is 44. The first-order valence-corrected chi connectivity index (χ1v) is 38.1. The zero-order chi connectivity index (χ0) is 64.7. The number of carboxylic acids is 1. The summed E-state index contributed by atoms with van der Waals surface area (Å²) in [4.78, 5) is 37.7. The van der Waals surface area contributed by atoms with Crippen molar-refractivity contribution < 1.29 is 42.9 Å². The van der Waals surface area contributed by atoms with Crippen LogP contribution in [0.2, 0.25) is 0 Å². The maximum atomic E-state index is 13.0. The molecule has 518 valence electrons. The minimum absolute atomic E-state index is 0.177. The SMILES string of the molecule is CC/C=C\C/C=C\C/C=C\C/C=C\C/C=C\C/C=C\CCCCCCCCCCCCCCCCCCCCCCC(=O)OC(COC(=O)CCCCCCCCCCCCCCCCCCCCCCCCCCC)COC(OCC[N+](C)(C)C)C(=O)O. The van der Waals surface area contributed by atoms with Crippen molar-refractivity contribution in [3.05, 3.63) is 72.9 Å². The Hall–Kier alpha value is -3.27. The summed E-state index contributed by atoms with van der Waals surface area (Å²) < 4.78 is 23.0. The number of nitrogens with zero attached hydrogens (tertiary/aromatic N) is 1. The largest absolute Gasteiger partial charge is 0.477 e. The number of hydrogen-bond acceptors (Lipinski definition) is 7. The van der Waals surface area contributed by atoms with Crippen LogP contribution in [0.25, 0.3) is 0 Å². The van der Waals surface area contributed by atoms with Crippen LogP contribution in [0, 0.1) is 0 Å². The Morgan fingerprint density at radius 1 is 0.348 bits per heavy atom. The second kappa shape index (κ2) is 70.6. The molecule has 2 unspecified atom stereocenters. The van der Waals surface area contributed by atoms with Gasteiger partial charge in [0.25, 0.3) is 6.29 Å². The van der Waals surface area contributed by atoms with Gasteiger partial charge in [-0.25, -0.2) is 4.79 Å². The highest BCUT2D eigenvalue weighted by molar-refractivity contribution is 5.71. The summed E-state index contributed by atoms with van der Waals surface area (Å²) in [6.07, 6.45) is 91.8. The lowest BCUT2D eigenvalue weighted by Gasteiger charge is -2.25. The van der Waals surface area contributed by atoms with Gasteiger partial charge < -0.3 is 28.5 Å². The molecule has 0 fully saturated rings. The van der Waals surface area contributed by atoms with E-state index in [0.717, 1.165) is 77.0 Å². The fraction of sp³-hybridized carbons (Fsp3) is 0.812. The molecule has 0 heterocycles. The van der Waals surface area contributed by atoms with Crippen molar-refractivity contribution in [3.63, 3.8) is 0 Å². The second-order valence-electron chi connectivity index (χ2n) is 26.9. The topological polar surface area (TPSA) is 108 Å². The molecule has 0 rings (SSSR count). The van der Waals surface area contributed by atoms with Gasteiger partial charge in [-0.3, -0.25) is 9.59 Å². The molecule has 0 amide bonds. The summed E-state index contributed by atoms with van der Waals surface area (Å²) in [6.45, 7) is 4.83. The number of likely N-dealkylation sites (N-methyl/N-ethyl adjacent to an activating group) is 1. The average Bonchev–Trinajstić information content (AvgIpc) is 3.64. The smallest absolute Gasteiger partial charge is 0.361 e. The Morgan fingerprint density at radius 3 is 0.955 bits per heavy atom. The fourth-order valence-corrected chi connectivity index (χ4v) is 11.2. The quantitative estimate of drug-likeness (QED) is 0.0211. The zero-order valence-electron chi connectivity index (χ0n) is 59.3. The second-order valence-corrected chi connectivity index (χ2v) is 26.9. The average molecular weight is 1250 g/mol. The van der Waals surface area contributed by atoms with Gasteiger partial charge in [0, 0.05) is 12.8 Å². The number of carboxylic acid groups (broad SMARTS) is 1. The molecule has 0 aliphatic heterocycles. The molecular formula is C80H146NO8+. The van der Waals surface area contributed by atoms with Gasteiger partial charge >= 0.3 is 17.9 Å². The van der Waals surface area contributed by atoms with Crippen LogP contribution < -0.4 is 0 Å². The van der Waals surface area contributed by atoms with E-state index in [0.29, 0.717) is 17.4 Å². The van der Waals surface area contributed by atoms with Crippen LogP contribution in [0.5, 0.6) is 0 Å². The van der Waals surface area contributed by atoms with E-state index < -0.39 is 18.4 Å². The summed E-state index contributed by atoms with van der Waals surface area (Å²) >= 11 is 0. The Balaban J connectivity index is 4.00. The van der Waals surface area contributed by atoms with Crippen LogP contribution in [0.1, 0.15) is 361 Å². The van der Waals surface area contributed by atoms with E-state index >= 15 is 0 Å². The molecule has 0 saturated carbocycles. The normalized spacial score (nSPS) is 13.0. The van der Waals surface area contributed by atoms with Gasteiger partial charge in [0.1, 0.15) is 13.2 Å². The number of rotatable bonds is 71. The molecule has 0 aliphatic carbocycles. The van der Waals surface area contributed by atoms with Gasteiger partial charge in [0.05, 0.1) is 34.4 Å². The third-order valence-corrected chi connectivity index (χ3v) is 17.0. The van der Waals surface area contributed by atoms with Crippen LogP contribution in [-0.4, -0.2) is 87.4 Å². The Bertz CT molecular complexity index is 1690. The number of ether oxygens (including phenoxy) is 4. The van der Waals surface area contributed by atoms with E-state index in [1.807, 2.05) is 21.1 Å². The lowest BCUT2D eigenvalue weighted by Crippen LogP contribution is -2.40. The van der Waals surface area contributed by atoms with E-state index in [4.69, 9.17) is 18.9 Å². The third kappa shape index (κ3) is 72.0.